The second kappa shape index (κ2) is 9.33. The highest BCUT2D eigenvalue weighted by Gasteiger charge is 2.18. The van der Waals surface area contributed by atoms with E-state index in [0.29, 0.717) is 28.2 Å². The van der Waals surface area contributed by atoms with Crippen LogP contribution in [0.2, 0.25) is 0 Å². The molecule has 0 saturated carbocycles. The van der Waals surface area contributed by atoms with Crippen molar-refractivity contribution in [3.05, 3.63) is 59.7 Å². The zero-order valence-electron chi connectivity index (χ0n) is 15.5. The van der Waals surface area contributed by atoms with Crippen LogP contribution in [-0.4, -0.2) is 23.3 Å². The minimum absolute atomic E-state index is 0.000430. The van der Waals surface area contributed by atoms with Gasteiger partial charge in [0.1, 0.15) is 0 Å². The molecule has 2 N–H and O–H groups in total. The Labute approximate surface area is 168 Å². The molecule has 0 aliphatic carbocycles. The highest BCUT2D eigenvalue weighted by Crippen LogP contribution is 2.45. The first kappa shape index (κ1) is 19.8. The molecule has 2 amide bonds. The van der Waals surface area contributed by atoms with Gasteiger partial charge in [0.2, 0.25) is 5.91 Å². The molecule has 2 aromatic rings. The number of carbonyl (C=O) groups is 2. The number of amides is 2. The molecule has 1 heterocycles. The Hall–Kier alpha value is -1.92. The molecule has 1 aliphatic rings. The molecule has 0 unspecified atom stereocenters. The molecule has 27 heavy (non-hydrogen) atoms. The molecular weight excluding hydrogens is 376 g/mol. The normalized spacial score (nSPS) is 14.3. The van der Waals surface area contributed by atoms with Gasteiger partial charge in [0.25, 0.3) is 5.91 Å². The minimum Gasteiger partial charge on any atom is -0.326 e. The van der Waals surface area contributed by atoms with Crippen LogP contribution in [0.15, 0.2) is 48.5 Å². The fraction of sp³-hybridized carbons (Fsp3) is 0.333. The van der Waals surface area contributed by atoms with Crippen LogP contribution in [0.25, 0.3) is 0 Å². The Kier molecular flexibility index (Phi) is 6.85. The van der Waals surface area contributed by atoms with Gasteiger partial charge in [0.05, 0.1) is 4.58 Å². The van der Waals surface area contributed by atoms with Crippen molar-refractivity contribution in [2.45, 2.75) is 24.9 Å². The van der Waals surface area contributed by atoms with Gasteiger partial charge in [-0.1, -0.05) is 26.0 Å². The fourth-order valence-corrected chi connectivity index (χ4v) is 5.62. The van der Waals surface area contributed by atoms with E-state index in [1.165, 1.54) is 17.1 Å². The van der Waals surface area contributed by atoms with E-state index in [4.69, 9.17) is 0 Å². The van der Waals surface area contributed by atoms with Crippen molar-refractivity contribution in [2.24, 2.45) is 5.92 Å². The molecule has 1 aliphatic heterocycles. The molecule has 0 bridgehead atoms. The SMILES string of the molecule is CC(C)CC(=O)Nc1ccc(NC(=O)c2ccc(C3SCCS3)cc2)cc1. The van der Waals surface area contributed by atoms with Crippen LogP contribution in [0.3, 0.4) is 0 Å². The smallest absolute Gasteiger partial charge is 0.255 e. The number of hydrogen-bond donors (Lipinski definition) is 2. The summed E-state index contributed by atoms with van der Waals surface area (Å²) in [7, 11) is 0. The van der Waals surface area contributed by atoms with Gasteiger partial charge in [0.15, 0.2) is 0 Å². The van der Waals surface area contributed by atoms with Crippen LogP contribution in [-0.2, 0) is 4.79 Å². The third-order valence-corrected chi connectivity index (χ3v) is 7.19. The van der Waals surface area contributed by atoms with Gasteiger partial charge in [0, 0.05) is 34.9 Å². The topological polar surface area (TPSA) is 58.2 Å². The van der Waals surface area contributed by atoms with E-state index in [9.17, 15) is 9.59 Å². The first-order chi connectivity index (χ1) is 13.0. The molecule has 6 heteroatoms. The predicted molar refractivity (Wildman–Crippen MR) is 117 cm³/mol. The lowest BCUT2D eigenvalue weighted by Crippen LogP contribution is -2.14. The molecule has 0 aromatic heterocycles. The third-order valence-electron chi connectivity index (χ3n) is 4.09. The molecule has 0 atom stereocenters. The number of thioether (sulfide) groups is 2. The largest absolute Gasteiger partial charge is 0.326 e. The molecule has 0 spiro atoms. The maximum Gasteiger partial charge on any atom is 0.255 e. The van der Waals surface area contributed by atoms with E-state index in [0.717, 1.165) is 5.69 Å². The van der Waals surface area contributed by atoms with Gasteiger partial charge >= 0.3 is 0 Å². The average Bonchev–Trinajstić information content (AvgIpc) is 3.17. The molecule has 142 valence electrons. The van der Waals surface area contributed by atoms with Crippen LogP contribution >= 0.6 is 23.5 Å². The van der Waals surface area contributed by atoms with Crippen molar-refractivity contribution >= 4 is 46.7 Å². The maximum absolute atomic E-state index is 12.4. The summed E-state index contributed by atoms with van der Waals surface area (Å²) in [6.07, 6.45) is 0.492. The van der Waals surface area contributed by atoms with Gasteiger partial charge in [-0.2, -0.15) is 0 Å². The van der Waals surface area contributed by atoms with E-state index in [1.807, 2.05) is 61.6 Å². The highest BCUT2D eigenvalue weighted by atomic mass is 32.2. The van der Waals surface area contributed by atoms with E-state index >= 15 is 0 Å². The summed E-state index contributed by atoms with van der Waals surface area (Å²) in [6.45, 7) is 4.02. The summed E-state index contributed by atoms with van der Waals surface area (Å²) in [5, 5.41) is 5.76. The van der Waals surface area contributed by atoms with Crippen molar-refractivity contribution in [3.8, 4) is 0 Å². The second-order valence-corrected chi connectivity index (χ2v) is 9.60. The minimum atomic E-state index is -0.134. The van der Waals surface area contributed by atoms with Crippen molar-refractivity contribution in [3.63, 3.8) is 0 Å². The van der Waals surface area contributed by atoms with Crippen molar-refractivity contribution in [2.75, 3.05) is 22.1 Å². The Morgan fingerprint density at radius 1 is 0.926 bits per heavy atom. The van der Waals surface area contributed by atoms with Gasteiger partial charge in [-0.25, -0.2) is 0 Å². The van der Waals surface area contributed by atoms with Gasteiger partial charge in [-0.15, -0.1) is 23.5 Å². The lowest BCUT2D eigenvalue weighted by molar-refractivity contribution is -0.116. The summed E-state index contributed by atoms with van der Waals surface area (Å²) >= 11 is 3.91. The molecule has 1 saturated heterocycles. The summed E-state index contributed by atoms with van der Waals surface area (Å²) in [6, 6.07) is 15.0. The van der Waals surface area contributed by atoms with E-state index in [2.05, 4.69) is 10.6 Å². The zero-order chi connectivity index (χ0) is 19.2. The van der Waals surface area contributed by atoms with E-state index in [1.54, 1.807) is 24.3 Å². The lowest BCUT2D eigenvalue weighted by atomic mass is 10.1. The Balaban J connectivity index is 1.56. The van der Waals surface area contributed by atoms with Crippen LogP contribution < -0.4 is 10.6 Å². The molecule has 4 nitrogen and oxygen atoms in total. The van der Waals surface area contributed by atoms with Crippen LogP contribution in [0.1, 0.15) is 40.8 Å². The van der Waals surface area contributed by atoms with Crippen molar-refractivity contribution in [1.29, 1.82) is 0 Å². The first-order valence-corrected chi connectivity index (χ1v) is 11.2. The summed E-state index contributed by atoms with van der Waals surface area (Å²) in [5.41, 5.74) is 3.34. The molecule has 0 radical (unpaired) electrons. The van der Waals surface area contributed by atoms with Crippen molar-refractivity contribution in [1.82, 2.24) is 0 Å². The Morgan fingerprint density at radius 3 is 2.04 bits per heavy atom. The van der Waals surface area contributed by atoms with E-state index < -0.39 is 0 Å². The summed E-state index contributed by atoms with van der Waals surface area (Å²) in [4.78, 5) is 24.2. The van der Waals surface area contributed by atoms with Gasteiger partial charge in [-0.05, 0) is 47.9 Å². The number of hydrogen-bond acceptors (Lipinski definition) is 4. The fourth-order valence-electron chi connectivity index (χ4n) is 2.77. The average molecular weight is 401 g/mol. The Morgan fingerprint density at radius 2 is 1.48 bits per heavy atom. The quantitative estimate of drug-likeness (QED) is 0.681. The molecule has 3 rings (SSSR count). The third kappa shape index (κ3) is 5.78. The van der Waals surface area contributed by atoms with Crippen LogP contribution in [0.4, 0.5) is 11.4 Å². The molecular formula is C21H24N2O2S2. The predicted octanol–water partition coefficient (Wildman–Crippen LogP) is 5.40. The number of nitrogens with one attached hydrogen (secondary N) is 2. The summed E-state index contributed by atoms with van der Waals surface area (Å²) < 4.78 is 0.487. The summed E-state index contributed by atoms with van der Waals surface area (Å²) in [5.74, 6) is 2.56. The van der Waals surface area contributed by atoms with Gasteiger partial charge < -0.3 is 10.6 Å². The standard InChI is InChI=1S/C21H24N2O2S2/c1-14(2)13-19(24)22-17-7-9-18(10-8-17)23-20(25)15-3-5-16(6-4-15)21-26-11-12-27-21/h3-10,14,21H,11-13H2,1-2H3,(H,22,24)(H,23,25). The van der Waals surface area contributed by atoms with Gasteiger partial charge in [-0.3, -0.25) is 9.59 Å². The number of carbonyl (C=O) groups excluding carboxylic acids is 2. The number of anilines is 2. The molecule has 2 aromatic carbocycles. The zero-order valence-corrected chi connectivity index (χ0v) is 17.2. The lowest BCUT2D eigenvalue weighted by Gasteiger charge is -2.10. The number of benzene rings is 2. The first-order valence-electron chi connectivity index (χ1n) is 9.05. The highest BCUT2D eigenvalue weighted by molar-refractivity contribution is 8.19. The maximum atomic E-state index is 12.4. The Bertz CT molecular complexity index is 783. The second-order valence-electron chi connectivity index (χ2n) is 6.87. The number of rotatable bonds is 6. The van der Waals surface area contributed by atoms with Crippen molar-refractivity contribution < 1.29 is 9.59 Å². The molecule has 1 fully saturated rings. The van der Waals surface area contributed by atoms with E-state index in [-0.39, 0.29) is 11.8 Å². The van der Waals surface area contributed by atoms with Crippen LogP contribution in [0.5, 0.6) is 0 Å². The van der Waals surface area contributed by atoms with Crippen LogP contribution in [0, 0.1) is 5.92 Å². The monoisotopic (exact) mass is 400 g/mol.